The van der Waals surface area contributed by atoms with E-state index in [2.05, 4.69) is 10.6 Å². The smallest absolute Gasteiger partial charge is 0.311 e. The van der Waals surface area contributed by atoms with E-state index in [1.807, 2.05) is 6.07 Å². The molecule has 104 valence electrons. The van der Waals surface area contributed by atoms with Gasteiger partial charge in [-0.2, -0.15) is 0 Å². The molecule has 0 aromatic carbocycles. The molecule has 0 bridgehead atoms. The van der Waals surface area contributed by atoms with Crippen LogP contribution in [0.2, 0.25) is 0 Å². The first-order valence-electron chi connectivity index (χ1n) is 6.57. The maximum atomic E-state index is 11.9. The van der Waals surface area contributed by atoms with Gasteiger partial charge in [0, 0.05) is 32.6 Å². The lowest BCUT2D eigenvalue weighted by Crippen LogP contribution is -2.44. The molecule has 1 aliphatic heterocycles. The highest BCUT2D eigenvalue weighted by molar-refractivity contribution is 6.35. The average molecular weight is 265 g/mol. The SMILES string of the molecule is O=C(NCCc1ccco1)C(=O)N1CCCNCC1. The van der Waals surface area contributed by atoms with Crippen molar-refractivity contribution in [2.45, 2.75) is 12.8 Å². The van der Waals surface area contributed by atoms with Gasteiger partial charge in [-0.1, -0.05) is 0 Å². The summed E-state index contributed by atoms with van der Waals surface area (Å²) in [5.41, 5.74) is 0. The summed E-state index contributed by atoms with van der Waals surface area (Å²) in [6, 6.07) is 3.64. The minimum absolute atomic E-state index is 0.407. The minimum Gasteiger partial charge on any atom is -0.469 e. The van der Waals surface area contributed by atoms with Crippen molar-refractivity contribution < 1.29 is 14.0 Å². The molecule has 0 aliphatic carbocycles. The zero-order valence-corrected chi connectivity index (χ0v) is 10.9. The van der Waals surface area contributed by atoms with Crippen molar-refractivity contribution >= 4 is 11.8 Å². The Hall–Kier alpha value is -1.82. The summed E-state index contributed by atoms with van der Waals surface area (Å²) in [4.78, 5) is 25.2. The molecule has 19 heavy (non-hydrogen) atoms. The lowest BCUT2D eigenvalue weighted by molar-refractivity contribution is -0.145. The summed E-state index contributed by atoms with van der Waals surface area (Å²) >= 11 is 0. The van der Waals surface area contributed by atoms with Crippen molar-refractivity contribution in [2.75, 3.05) is 32.7 Å². The molecular weight excluding hydrogens is 246 g/mol. The maximum absolute atomic E-state index is 11.9. The number of nitrogens with zero attached hydrogens (tertiary/aromatic N) is 1. The Bertz CT molecular complexity index is 409. The molecule has 1 aliphatic rings. The van der Waals surface area contributed by atoms with Gasteiger partial charge in [0.2, 0.25) is 0 Å². The van der Waals surface area contributed by atoms with E-state index in [0.29, 0.717) is 26.1 Å². The summed E-state index contributed by atoms with van der Waals surface area (Å²) in [5, 5.41) is 5.82. The third-order valence-corrected chi connectivity index (χ3v) is 3.06. The number of nitrogens with one attached hydrogen (secondary N) is 2. The number of furan rings is 1. The Labute approximate surface area is 112 Å². The van der Waals surface area contributed by atoms with Crippen molar-refractivity contribution in [1.82, 2.24) is 15.5 Å². The molecule has 6 nitrogen and oxygen atoms in total. The van der Waals surface area contributed by atoms with Crippen molar-refractivity contribution in [3.63, 3.8) is 0 Å². The Kier molecular flexibility index (Phi) is 4.97. The number of carbonyl (C=O) groups excluding carboxylic acids is 2. The Morgan fingerprint density at radius 2 is 2.26 bits per heavy atom. The second-order valence-electron chi connectivity index (χ2n) is 4.48. The van der Waals surface area contributed by atoms with Gasteiger partial charge in [0.15, 0.2) is 0 Å². The van der Waals surface area contributed by atoms with Gasteiger partial charge in [0.05, 0.1) is 6.26 Å². The number of hydrogen-bond acceptors (Lipinski definition) is 4. The molecule has 1 aromatic rings. The number of carbonyl (C=O) groups is 2. The molecule has 6 heteroatoms. The quantitative estimate of drug-likeness (QED) is 0.740. The predicted molar refractivity (Wildman–Crippen MR) is 69.5 cm³/mol. The van der Waals surface area contributed by atoms with Crippen LogP contribution < -0.4 is 10.6 Å². The molecule has 2 amide bonds. The normalized spacial score (nSPS) is 15.9. The lowest BCUT2D eigenvalue weighted by atomic mass is 10.3. The lowest BCUT2D eigenvalue weighted by Gasteiger charge is -2.18. The Morgan fingerprint density at radius 1 is 1.37 bits per heavy atom. The average Bonchev–Trinajstić information content (AvgIpc) is 2.78. The van der Waals surface area contributed by atoms with Crippen molar-refractivity contribution in [3.05, 3.63) is 24.2 Å². The molecular formula is C13H19N3O3. The topological polar surface area (TPSA) is 74.6 Å². The first-order chi connectivity index (χ1) is 9.27. The molecule has 0 saturated carbocycles. The molecule has 0 radical (unpaired) electrons. The van der Waals surface area contributed by atoms with Gasteiger partial charge in [-0.05, 0) is 25.1 Å². The maximum Gasteiger partial charge on any atom is 0.311 e. The fraction of sp³-hybridized carbons (Fsp3) is 0.538. The standard InChI is InChI=1S/C13H19N3O3/c17-12(15-6-4-11-3-1-10-19-11)13(18)16-8-2-5-14-7-9-16/h1,3,10,14H,2,4-9H2,(H,15,17). The van der Waals surface area contributed by atoms with Gasteiger partial charge in [0.25, 0.3) is 0 Å². The first-order valence-corrected chi connectivity index (χ1v) is 6.57. The van der Waals surface area contributed by atoms with Crippen LogP contribution in [-0.4, -0.2) is 49.4 Å². The van der Waals surface area contributed by atoms with Crippen LogP contribution >= 0.6 is 0 Å². The first kappa shape index (κ1) is 13.6. The van der Waals surface area contributed by atoms with E-state index < -0.39 is 11.8 Å². The van der Waals surface area contributed by atoms with E-state index in [4.69, 9.17) is 4.42 Å². The van der Waals surface area contributed by atoms with Crippen LogP contribution in [0.25, 0.3) is 0 Å². The molecule has 0 spiro atoms. The van der Waals surface area contributed by atoms with Crippen LogP contribution in [0.4, 0.5) is 0 Å². The molecule has 2 heterocycles. The fourth-order valence-electron chi connectivity index (χ4n) is 2.02. The molecule has 1 saturated heterocycles. The predicted octanol–water partition coefficient (Wildman–Crippen LogP) is -0.240. The van der Waals surface area contributed by atoms with Gasteiger partial charge in [-0.25, -0.2) is 0 Å². The van der Waals surface area contributed by atoms with Crippen LogP contribution in [0, 0.1) is 0 Å². The highest BCUT2D eigenvalue weighted by Crippen LogP contribution is 2.00. The van der Waals surface area contributed by atoms with Gasteiger partial charge in [-0.3, -0.25) is 9.59 Å². The number of hydrogen-bond donors (Lipinski definition) is 2. The highest BCUT2D eigenvalue weighted by Gasteiger charge is 2.21. The fourth-order valence-corrected chi connectivity index (χ4v) is 2.02. The molecule has 2 N–H and O–H groups in total. The summed E-state index contributed by atoms with van der Waals surface area (Å²) in [5.74, 6) is -0.177. The number of amides is 2. The second-order valence-corrected chi connectivity index (χ2v) is 4.48. The van der Waals surface area contributed by atoms with Crippen molar-refractivity contribution in [1.29, 1.82) is 0 Å². The van der Waals surface area contributed by atoms with E-state index >= 15 is 0 Å². The van der Waals surface area contributed by atoms with E-state index in [9.17, 15) is 9.59 Å². The van der Waals surface area contributed by atoms with Crippen LogP contribution in [0.1, 0.15) is 12.2 Å². The Morgan fingerprint density at radius 3 is 3.05 bits per heavy atom. The van der Waals surface area contributed by atoms with Crippen molar-refractivity contribution in [2.24, 2.45) is 0 Å². The van der Waals surface area contributed by atoms with E-state index in [1.165, 1.54) is 0 Å². The summed E-state index contributed by atoms with van der Waals surface area (Å²) in [6.45, 7) is 3.27. The van der Waals surface area contributed by atoms with Gasteiger partial charge < -0.3 is 20.0 Å². The van der Waals surface area contributed by atoms with E-state index in [-0.39, 0.29) is 0 Å². The van der Waals surface area contributed by atoms with Crippen LogP contribution in [0.5, 0.6) is 0 Å². The third kappa shape index (κ3) is 4.10. The van der Waals surface area contributed by atoms with Gasteiger partial charge in [-0.15, -0.1) is 0 Å². The van der Waals surface area contributed by atoms with Crippen LogP contribution in [-0.2, 0) is 16.0 Å². The monoisotopic (exact) mass is 265 g/mol. The van der Waals surface area contributed by atoms with E-state index in [1.54, 1.807) is 17.2 Å². The summed E-state index contributed by atoms with van der Waals surface area (Å²) in [7, 11) is 0. The molecule has 0 unspecified atom stereocenters. The van der Waals surface area contributed by atoms with Crippen LogP contribution in [0.15, 0.2) is 22.8 Å². The van der Waals surface area contributed by atoms with Gasteiger partial charge in [0.1, 0.15) is 5.76 Å². The zero-order chi connectivity index (χ0) is 13.5. The highest BCUT2D eigenvalue weighted by atomic mass is 16.3. The van der Waals surface area contributed by atoms with Crippen molar-refractivity contribution in [3.8, 4) is 0 Å². The second kappa shape index (κ2) is 6.94. The van der Waals surface area contributed by atoms with E-state index in [0.717, 1.165) is 25.3 Å². The largest absolute Gasteiger partial charge is 0.469 e. The zero-order valence-electron chi connectivity index (χ0n) is 10.9. The van der Waals surface area contributed by atoms with Crippen LogP contribution in [0.3, 0.4) is 0 Å². The third-order valence-electron chi connectivity index (χ3n) is 3.06. The summed E-state index contributed by atoms with van der Waals surface area (Å²) < 4.78 is 5.15. The molecule has 1 aromatic heterocycles. The minimum atomic E-state index is -0.534. The molecule has 0 atom stereocenters. The number of rotatable bonds is 3. The van der Waals surface area contributed by atoms with Gasteiger partial charge >= 0.3 is 11.8 Å². The molecule has 2 rings (SSSR count). The summed E-state index contributed by atoms with van der Waals surface area (Å²) in [6.07, 6.45) is 3.06. The molecule has 1 fully saturated rings. The Balaban J connectivity index is 1.73.